The molecule has 0 radical (unpaired) electrons. The summed E-state index contributed by atoms with van der Waals surface area (Å²) in [4.78, 5) is 11.5. The molecule has 2 rings (SSSR count). The van der Waals surface area contributed by atoms with Crippen LogP contribution in [-0.2, 0) is 6.61 Å². The van der Waals surface area contributed by atoms with Crippen LogP contribution >= 0.6 is 0 Å². The number of benzene rings is 2. The second kappa shape index (κ2) is 5.65. The molecule has 0 N–H and O–H groups in total. The first-order valence-electron chi connectivity index (χ1n) is 6.05. The topological polar surface area (TPSA) is 26.3 Å². The fraction of sp³-hybridized carbons (Fsp3) is 0.188. The van der Waals surface area contributed by atoms with Gasteiger partial charge in [0.2, 0.25) is 0 Å². The molecule has 0 aliphatic carbocycles. The number of rotatable bonds is 4. The largest absolute Gasteiger partial charge is 0.488 e. The summed E-state index contributed by atoms with van der Waals surface area (Å²) in [5.41, 5.74) is 2.27. The molecule has 0 spiro atoms. The lowest BCUT2D eigenvalue weighted by Crippen LogP contribution is -2.03. The van der Waals surface area contributed by atoms with Crippen LogP contribution in [0.25, 0.3) is 0 Å². The predicted octanol–water partition coefficient (Wildman–Crippen LogP) is 3.92. The molecule has 0 fully saturated rings. The minimum absolute atomic E-state index is 0.0495. The number of ketones is 1. The zero-order valence-electron chi connectivity index (χ0n) is 10.9. The fourth-order valence-corrected chi connectivity index (χ4v) is 1.83. The molecule has 0 aliphatic rings. The average molecular weight is 258 g/mol. The number of carbonyl (C=O) groups is 1. The first-order valence-corrected chi connectivity index (χ1v) is 6.05. The SMILES string of the molecule is CC(=O)c1ccccc1OCc1cc(F)ccc1C. The lowest BCUT2D eigenvalue weighted by atomic mass is 10.1. The van der Waals surface area contributed by atoms with Crippen molar-refractivity contribution in [2.45, 2.75) is 20.5 Å². The normalized spacial score (nSPS) is 10.3. The highest BCUT2D eigenvalue weighted by atomic mass is 19.1. The summed E-state index contributed by atoms with van der Waals surface area (Å²) >= 11 is 0. The second-order valence-corrected chi connectivity index (χ2v) is 4.41. The van der Waals surface area contributed by atoms with Gasteiger partial charge in [0.15, 0.2) is 5.78 Å². The van der Waals surface area contributed by atoms with Gasteiger partial charge in [-0.1, -0.05) is 18.2 Å². The van der Waals surface area contributed by atoms with Gasteiger partial charge in [-0.05, 0) is 49.2 Å². The number of halogens is 1. The molecule has 2 nitrogen and oxygen atoms in total. The van der Waals surface area contributed by atoms with Crippen molar-refractivity contribution in [1.29, 1.82) is 0 Å². The predicted molar refractivity (Wildman–Crippen MR) is 71.9 cm³/mol. The molecule has 0 amide bonds. The van der Waals surface area contributed by atoms with Gasteiger partial charge < -0.3 is 4.74 Å². The van der Waals surface area contributed by atoms with Crippen molar-refractivity contribution in [3.63, 3.8) is 0 Å². The molecular formula is C16H15FO2. The van der Waals surface area contributed by atoms with Crippen LogP contribution in [0.3, 0.4) is 0 Å². The number of carbonyl (C=O) groups excluding carboxylic acids is 1. The molecule has 0 saturated carbocycles. The summed E-state index contributed by atoms with van der Waals surface area (Å²) in [5, 5.41) is 0. The average Bonchev–Trinajstić information content (AvgIpc) is 2.40. The van der Waals surface area contributed by atoms with Crippen LogP contribution in [0.1, 0.15) is 28.4 Å². The molecule has 19 heavy (non-hydrogen) atoms. The maximum atomic E-state index is 13.2. The molecule has 2 aromatic rings. The Morgan fingerprint density at radius 2 is 1.95 bits per heavy atom. The number of hydrogen-bond donors (Lipinski definition) is 0. The van der Waals surface area contributed by atoms with Crippen LogP contribution < -0.4 is 4.74 Å². The van der Waals surface area contributed by atoms with Crippen molar-refractivity contribution < 1.29 is 13.9 Å². The lowest BCUT2D eigenvalue weighted by molar-refractivity contribution is 0.101. The number of hydrogen-bond acceptors (Lipinski definition) is 2. The van der Waals surface area contributed by atoms with E-state index in [1.807, 2.05) is 6.92 Å². The van der Waals surface area contributed by atoms with Crippen LogP contribution in [0.15, 0.2) is 42.5 Å². The number of ether oxygens (including phenoxy) is 1. The Balaban J connectivity index is 2.19. The third kappa shape index (κ3) is 3.19. The Bertz CT molecular complexity index is 605. The van der Waals surface area contributed by atoms with Crippen molar-refractivity contribution in [2.75, 3.05) is 0 Å². The van der Waals surface area contributed by atoms with E-state index in [0.29, 0.717) is 11.3 Å². The van der Waals surface area contributed by atoms with E-state index in [-0.39, 0.29) is 18.2 Å². The van der Waals surface area contributed by atoms with E-state index in [2.05, 4.69) is 0 Å². The fourth-order valence-electron chi connectivity index (χ4n) is 1.83. The standard InChI is InChI=1S/C16H15FO2/c1-11-7-8-14(17)9-13(11)10-19-16-6-4-3-5-15(16)12(2)18/h3-9H,10H2,1-2H3. The summed E-state index contributed by atoms with van der Waals surface area (Å²) < 4.78 is 18.8. The quantitative estimate of drug-likeness (QED) is 0.777. The Hall–Kier alpha value is -2.16. The zero-order valence-corrected chi connectivity index (χ0v) is 10.9. The van der Waals surface area contributed by atoms with Crippen LogP contribution in [0.5, 0.6) is 5.75 Å². The second-order valence-electron chi connectivity index (χ2n) is 4.41. The van der Waals surface area contributed by atoms with Gasteiger partial charge in [-0.2, -0.15) is 0 Å². The van der Waals surface area contributed by atoms with Gasteiger partial charge >= 0.3 is 0 Å². The van der Waals surface area contributed by atoms with Gasteiger partial charge in [-0.3, -0.25) is 4.79 Å². The first kappa shape index (κ1) is 13.3. The molecular weight excluding hydrogens is 243 g/mol. The number of Topliss-reactive ketones (excluding diaryl/α,β-unsaturated/α-hetero) is 1. The molecule has 0 unspecified atom stereocenters. The Kier molecular flexibility index (Phi) is 3.95. The molecule has 0 heterocycles. The molecule has 2 aromatic carbocycles. The monoisotopic (exact) mass is 258 g/mol. The summed E-state index contributed by atoms with van der Waals surface area (Å²) in [5.74, 6) is 0.189. The highest BCUT2D eigenvalue weighted by molar-refractivity contribution is 5.96. The summed E-state index contributed by atoms with van der Waals surface area (Å²) in [6.45, 7) is 3.64. The third-order valence-electron chi connectivity index (χ3n) is 2.96. The molecule has 0 aliphatic heterocycles. The van der Waals surface area contributed by atoms with Crippen LogP contribution in [0.4, 0.5) is 4.39 Å². The molecule has 0 atom stereocenters. The van der Waals surface area contributed by atoms with Gasteiger partial charge in [0.25, 0.3) is 0 Å². The van der Waals surface area contributed by atoms with Crippen molar-refractivity contribution in [3.05, 3.63) is 65.0 Å². The van der Waals surface area contributed by atoms with Crippen molar-refractivity contribution in [3.8, 4) is 5.75 Å². The first-order chi connectivity index (χ1) is 9.08. The molecule has 3 heteroatoms. The van der Waals surface area contributed by atoms with E-state index in [4.69, 9.17) is 4.74 Å². The Morgan fingerprint density at radius 3 is 2.68 bits per heavy atom. The highest BCUT2D eigenvalue weighted by Crippen LogP contribution is 2.21. The Morgan fingerprint density at radius 1 is 1.21 bits per heavy atom. The smallest absolute Gasteiger partial charge is 0.163 e. The van der Waals surface area contributed by atoms with Crippen LogP contribution in [0.2, 0.25) is 0 Å². The van der Waals surface area contributed by atoms with Crippen molar-refractivity contribution >= 4 is 5.78 Å². The minimum Gasteiger partial charge on any atom is -0.488 e. The van der Waals surface area contributed by atoms with E-state index in [1.54, 1.807) is 30.3 Å². The van der Waals surface area contributed by atoms with Gasteiger partial charge in [0.1, 0.15) is 18.2 Å². The van der Waals surface area contributed by atoms with Gasteiger partial charge in [0.05, 0.1) is 5.56 Å². The third-order valence-corrected chi connectivity index (χ3v) is 2.96. The van der Waals surface area contributed by atoms with E-state index < -0.39 is 0 Å². The summed E-state index contributed by atoms with van der Waals surface area (Å²) in [7, 11) is 0. The molecule has 98 valence electrons. The van der Waals surface area contributed by atoms with E-state index in [1.165, 1.54) is 19.1 Å². The van der Waals surface area contributed by atoms with Gasteiger partial charge in [-0.15, -0.1) is 0 Å². The van der Waals surface area contributed by atoms with Crippen LogP contribution in [0, 0.1) is 12.7 Å². The zero-order chi connectivity index (χ0) is 13.8. The van der Waals surface area contributed by atoms with Crippen molar-refractivity contribution in [2.24, 2.45) is 0 Å². The van der Waals surface area contributed by atoms with E-state index >= 15 is 0 Å². The van der Waals surface area contributed by atoms with E-state index in [0.717, 1.165) is 11.1 Å². The highest BCUT2D eigenvalue weighted by Gasteiger charge is 2.08. The lowest BCUT2D eigenvalue weighted by Gasteiger charge is -2.11. The number of para-hydroxylation sites is 1. The molecule has 0 bridgehead atoms. The minimum atomic E-state index is -0.288. The van der Waals surface area contributed by atoms with Crippen LogP contribution in [-0.4, -0.2) is 5.78 Å². The van der Waals surface area contributed by atoms with Crippen molar-refractivity contribution in [1.82, 2.24) is 0 Å². The van der Waals surface area contributed by atoms with Gasteiger partial charge in [-0.25, -0.2) is 4.39 Å². The Labute approximate surface area is 111 Å². The number of aryl methyl sites for hydroxylation is 1. The summed E-state index contributed by atoms with van der Waals surface area (Å²) in [6.07, 6.45) is 0. The molecule has 0 saturated heterocycles. The molecule has 0 aromatic heterocycles. The summed E-state index contributed by atoms with van der Waals surface area (Å²) in [6, 6.07) is 11.6. The van der Waals surface area contributed by atoms with E-state index in [9.17, 15) is 9.18 Å². The maximum absolute atomic E-state index is 13.2. The maximum Gasteiger partial charge on any atom is 0.163 e. The van der Waals surface area contributed by atoms with Gasteiger partial charge in [0, 0.05) is 0 Å².